The normalized spacial score (nSPS) is 13.1. The van der Waals surface area contributed by atoms with Crippen LogP contribution in [0.15, 0.2) is 48.5 Å². The summed E-state index contributed by atoms with van der Waals surface area (Å²) in [7, 11) is 0. The molecule has 49 heavy (non-hydrogen) atoms. The molecule has 0 aliphatic rings. The monoisotopic (exact) mass is 706 g/mol. The fraction of sp³-hybridized carbons (Fsp3) is 0.424. The number of aromatic nitrogens is 1. The molecule has 6 N–H and O–H groups in total. The number of anilines is 2. The van der Waals surface area contributed by atoms with Crippen molar-refractivity contribution < 1.29 is 41.8 Å². The minimum Gasteiger partial charge on any atom is -0.387 e. The van der Waals surface area contributed by atoms with Gasteiger partial charge < -0.3 is 36.5 Å². The molecule has 0 aliphatic carbocycles. The molecule has 1 heterocycles. The van der Waals surface area contributed by atoms with Gasteiger partial charge >= 0.3 is 24.3 Å². The second-order valence-corrected chi connectivity index (χ2v) is 14.2. The van der Waals surface area contributed by atoms with E-state index in [1.54, 1.807) is 65.8 Å². The van der Waals surface area contributed by atoms with Crippen LogP contribution in [0.5, 0.6) is 0 Å². The molecule has 1 atom stereocenters. The van der Waals surface area contributed by atoms with E-state index in [9.17, 15) is 32.3 Å². The van der Waals surface area contributed by atoms with Crippen LogP contribution in [0.1, 0.15) is 80.5 Å². The number of rotatable bonds is 11. The van der Waals surface area contributed by atoms with Crippen molar-refractivity contribution in [3.05, 3.63) is 75.8 Å². The number of thiazole rings is 1. The molecular weight excluding hydrogens is 665 g/mol. The van der Waals surface area contributed by atoms with Crippen LogP contribution in [0.2, 0.25) is 0 Å². The molecule has 2 aromatic carbocycles. The van der Waals surface area contributed by atoms with Gasteiger partial charge in [0.05, 0.1) is 16.7 Å². The van der Waals surface area contributed by atoms with Crippen LogP contribution in [0, 0.1) is 5.41 Å². The maximum atomic E-state index is 13.1. The topological polar surface area (TPSA) is 174 Å². The van der Waals surface area contributed by atoms with E-state index in [0.29, 0.717) is 29.8 Å². The third kappa shape index (κ3) is 11.4. The van der Waals surface area contributed by atoms with Crippen LogP contribution in [-0.2, 0) is 39.8 Å². The predicted molar refractivity (Wildman–Crippen MR) is 179 cm³/mol. The Labute approximate surface area is 286 Å². The Hall–Kier alpha value is -4.86. The molecule has 16 heteroatoms. The van der Waals surface area contributed by atoms with Crippen LogP contribution in [0.25, 0.3) is 0 Å². The van der Waals surface area contributed by atoms with Gasteiger partial charge in [-0.3, -0.25) is 9.59 Å². The lowest BCUT2D eigenvalue weighted by Gasteiger charge is -2.42. The zero-order valence-electron chi connectivity index (χ0n) is 28.3. The molecule has 0 saturated heterocycles. The number of carbonyl (C=O) groups excluding carboxylic acids is 4. The molecule has 0 fully saturated rings. The summed E-state index contributed by atoms with van der Waals surface area (Å²) in [5.41, 5.74) is 5.12. The van der Waals surface area contributed by atoms with Crippen molar-refractivity contribution in [1.29, 1.82) is 0 Å². The molecule has 3 aromatic rings. The highest BCUT2D eigenvalue weighted by atomic mass is 32.1. The molecule has 0 saturated carbocycles. The average Bonchev–Trinajstić information content (AvgIpc) is 3.35. The van der Waals surface area contributed by atoms with Crippen molar-refractivity contribution in [2.45, 2.75) is 85.5 Å². The number of primary amides is 1. The molecule has 0 spiro atoms. The number of hydrogen-bond acceptors (Lipinski definition) is 9. The number of amides is 4. The van der Waals surface area contributed by atoms with E-state index >= 15 is 0 Å². The summed E-state index contributed by atoms with van der Waals surface area (Å²) in [5, 5.41) is 11.2. The number of halogens is 3. The maximum absolute atomic E-state index is 13.1. The summed E-state index contributed by atoms with van der Waals surface area (Å²) < 4.78 is 49.7. The SMILES string of the molecule is CC(=O)Nc1nc(CCc2ccc(NC(OC(N)=O)(OC(=O)NC(C)(C)C)C(C)(C)C)cc2)c(C(=O)NCc2ccc(C(F)(F)F)cc2)s1. The number of nitrogens with zero attached hydrogens (tertiary/aromatic N) is 1. The largest absolute Gasteiger partial charge is 0.416 e. The number of carbonyl (C=O) groups is 4. The zero-order chi connectivity index (χ0) is 36.8. The first-order valence-electron chi connectivity index (χ1n) is 15.2. The van der Waals surface area contributed by atoms with Gasteiger partial charge in [0.2, 0.25) is 5.91 Å². The lowest BCUT2D eigenvalue weighted by molar-refractivity contribution is -0.202. The molecule has 266 valence electrons. The van der Waals surface area contributed by atoms with Crippen molar-refractivity contribution in [2.75, 3.05) is 10.6 Å². The Bertz CT molecular complexity index is 1650. The van der Waals surface area contributed by atoms with E-state index in [4.69, 9.17) is 15.2 Å². The number of alkyl halides is 3. The van der Waals surface area contributed by atoms with Crippen molar-refractivity contribution >= 4 is 46.2 Å². The van der Waals surface area contributed by atoms with E-state index < -0.39 is 46.7 Å². The smallest absolute Gasteiger partial charge is 0.387 e. The molecule has 4 amide bonds. The summed E-state index contributed by atoms with van der Waals surface area (Å²) >= 11 is 0.984. The summed E-state index contributed by atoms with van der Waals surface area (Å²) in [6, 6.07) is 11.4. The van der Waals surface area contributed by atoms with Crippen molar-refractivity contribution in [2.24, 2.45) is 11.1 Å². The van der Waals surface area contributed by atoms with Crippen molar-refractivity contribution in [3.8, 4) is 0 Å². The first kappa shape index (κ1) is 38.6. The fourth-order valence-corrected chi connectivity index (χ4v) is 5.33. The molecule has 0 bridgehead atoms. The number of nitrogens with one attached hydrogen (secondary N) is 4. The lowest BCUT2D eigenvalue weighted by atomic mass is 9.90. The summed E-state index contributed by atoms with van der Waals surface area (Å²) in [6.07, 6.45) is -5.74. The van der Waals surface area contributed by atoms with Crippen LogP contribution in [-0.4, -0.2) is 40.4 Å². The molecule has 1 unspecified atom stereocenters. The fourth-order valence-electron chi connectivity index (χ4n) is 4.35. The van der Waals surface area contributed by atoms with Gasteiger partial charge in [0.1, 0.15) is 4.88 Å². The highest BCUT2D eigenvalue weighted by Crippen LogP contribution is 2.37. The predicted octanol–water partition coefficient (Wildman–Crippen LogP) is 6.57. The van der Waals surface area contributed by atoms with Crippen LogP contribution in [0.4, 0.5) is 33.6 Å². The molecule has 0 radical (unpaired) electrons. The Kier molecular flexibility index (Phi) is 11.9. The van der Waals surface area contributed by atoms with Gasteiger partial charge in [-0.05, 0) is 69.0 Å². The third-order valence-electron chi connectivity index (χ3n) is 6.78. The highest BCUT2D eigenvalue weighted by Gasteiger charge is 2.50. The average molecular weight is 707 g/mol. The molecule has 1 aromatic heterocycles. The summed E-state index contributed by atoms with van der Waals surface area (Å²) in [5.74, 6) is -2.85. The highest BCUT2D eigenvalue weighted by molar-refractivity contribution is 7.17. The number of nitrogens with two attached hydrogens (primary N) is 1. The number of ether oxygens (including phenoxy) is 2. The minimum absolute atomic E-state index is 0.0185. The van der Waals surface area contributed by atoms with Gasteiger partial charge in [-0.2, -0.15) is 13.2 Å². The van der Waals surface area contributed by atoms with E-state index in [1.165, 1.54) is 19.1 Å². The van der Waals surface area contributed by atoms with Crippen molar-refractivity contribution in [1.82, 2.24) is 15.6 Å². The van der Waals surface area contributed by atoms with Gasteiger partial charge in [0, 0.05) is 24.7 Å². The first-order chi connectivity index (χ1) is 22.6. The Morgan fingerprint density at radius 2 is 1.45 bits per heavy atom. The van der Waals surface area contributed by atoms with Crippen LogP contribution >= 0.6 is 11.3 Å². The van der Waals surface area contributed by atoms with Gasteiger partial charge in [0.25, 0.3) is 5.91 Å². The zero-order valence-corrected chi connectivity index (χ0v) is 29.1. The van der Waals surface area contributed by atoms with Crippen LogP contribution in [0.3, 0.4) is 0 Å². The Morgan fingerprint density at radius 1 is 0.857 bits per heavy atom. The van der Waals surface area contributed by atoms with Crippen LogP contribution < -0.4 is 27.0 Å². The van der Waals surface area contributed by atoms with E-state index in [0.717, 1.165) is 29.0 Å². The number of benzene rings is 2. The van der Waals surface area contributed by atoms with Gasteiger partial charge in [-0.1, -0.05) is 56.4 Å². The summed E-state index contributed by atoms with van der Waals surface area (Å²) in [6.45, 7) is 11.7. The third-order valence-corrected chi connectivity index (χ3v) is 7.79. The lowest BCUT2D eigenvalue weighted by Crippen LogP contribution is -2.59. The van der Waals surface area contributed by atoms with Gasteiger partial charge in [0.15, 0.2) is 5.13 Å². The van der Waals surface area contributed by atoms with Gasteiger partial charge in [-0.25, -0.2) is 14.6 Å². The minimum atomic E-state index is -4.47. The molecular formula is C33H41F3N6O6S. The Balaban J connectivity index is 1.77. The number of alkyl carbamates (subject to hydrolysis) is 1. The molecule has 3 rings (SSSR count). The quantitative estimate of drug-likeness (QED) is 0.139. The first-order valence-corrected chi connectivity index (χ1v) is 16.0. The maximum Gasteiger partial charge on any atom is 0.416 e. The van der Waals surface area contributed by atoms with Crippen molar-refractivity contribution in [3.63, 3.8) is 0 Å². The molecule has 0 aliphatic heterocycles. The summed E-state index contributed by atoms with van der Waals surface area (Å²) in [4.78, 5) is 54.2. The van der Waals surface area contributed by atoms with Gasteiger partial charge in [-0.15, -0.1) is 0 Å². The Morgan fingerprint density at radius 3 is 1.96 bits per heavy atom. The second kappa shape index (κ2) is 15.1. The van der Waals surface area contributed by atoms with E-state index in [1.807, 2.05) is 0 Å². The molecule has 12 nitrogen and oxygen atoms in total. The number of aryl methyl sites for hydroxylation is 2. The number of hydrogen-bond donors (Lipinski definition) is 5. The second-order valence-electron chi connectivity index (χ2n) is 13.2. The van der Waals surface area contributed by atoms with E-state index in [2.05, 4.69) is 26.3 Å². The standard InChI is InChI=1S/C33H41F3N6O6S/c1-19(43)39-28-40-24(25(49-28)26(44)38-18-21-8-13-22(14-9-21)32(34,35)36)17-12-20-10-15-23(16-11-20)41-33(30(2,3)4,47-27(37)45)48-29(46)42-31(5,6)7/h8-11,13-16,41H,12,17-18H2,1-7H3,(H2,37,45)(H,38,44)(H,42,46)(H,39,40,43). The van der Waals surface area contributed by atoms with E-state index in [-0.39, 0.29) is 22.5 Å².